The minimum Gasteiger partial charge on any atom is -0.305 e. The maximum Gasteiger partial charge on any atom is 0.259 e. The third-order valence-corrected chi connectivity index (χ3v) is 3.89. The Morgan fingerprint density at radius 2 is 2.00 bits per heavy atom. The first-order valence-electron chi connectivity index (χ1n) is 7.21. The second kappa shape index (κ2) is 7.07. The van der Waals surface area contributed by atoms with Crippen molar-refractivity contribution in [3.63, 3.8) is 0 Å². The molecule has 116 valence electrons. The second-order valence-corrected chi connectivity index (χ2v) is 5.95. The number of fused-ring (bicyclic) bond motifs is 1. The minimum atomic E-state index is -0.274. The molecule has 0 aliphatic carbocycles. The molecule has 0 fully saturated rings. The van der Waals surface area contributed by atoms with Crippen LogP contribution in [0.3, 0.4) is 0 Å². The summed E-state index contributed by atoms with van der Waals surface area (Å²) in [5.41, 5.74) is 1.59. The number of allylic oxidation sites excluding steroid dienone is 3. The van der Waals surface area contributed by atoms with Gasteiger partial charge >= 0.3 is 0 Å². The van der Waals surface area contributed by atoms with Crippen LogP contribution >= 0.6 is 15.9 Å². The van der Waals surface area contributed by atoms with Gasteiger partial charge in [0.25, 0.3) is 5.56 Å². The molecule has 0 aliphatic heterocycles. The Kier molecular flexibility index (Phi) is 4.69. The molecule has 0 spiro atoms. The first-order valence-corrected chi connectivity index (χ1v) is 8.00. The van der Waals surface area contributed by atoms with Crippen molar-refractivity contribution in [2.75, 3.05) is 0 Å². The fourth-order valence-corrected chi connectivity index (χ4v) is 2.59. The summed E-state index contributed by atoms with van der Waals surface area (Å²) in [6.45, 7) is 0. The molecule has 0 radical (unpaired) electrons. The van der Waals surface area contributed by atoms with Crippen LogP contribution in [-0.4, -0.2) is 9.97 Å². The van der Waals surface area contributed by atoms with E-state index < -0.39 is 0 Å². The fourth-order valence-electron chi connectivity index (χ4n) is 2.23. The number of rotatable bonds is 3. The lowest BCUT2D eigenvalue weighted by molar-refractivity contribution is 1.13. The van der Waals surface area contributed by atoms with E-state index in [0.29, 0.717) is 16.5 Å². The average Bonchev–Trinajstić information content (AvgIpc) is 2.60. The Morgan fingerprint density at radius 1 is 1.21 bits per heavy atom. The molecule has 1 aromatic heterocycles. The lowest BCUT2D eigenvalue weighted by atomic mass is 10.2. The molecule has 0 unspecified atom stereocenters. The molecule has 3 aromatic rings. The third kappa shape index (κ3) is 3.50. The molecule has 0 bridgehead atoms. The van der Waals surface area contributed by atoms with E-state index in [2.05, 4.69) is 32.0 Å². The van der Waals surface area contributed by atoms with Crippen molar-refractivity contribution < 1.29 is 0 Å². The summed E-state index contributed by atoms with van der Waals surface area (Å²) in [5.74, 6) is 0.259. The predicted octanol–water partition coefficient (Wildman–Crippen LogP) is 4.31. The van der Waals surface area contributed by atoms with Gasteiger partial charge in [-0.05, 0) is 29.8 Å². The van der Waals surface area contributed by atoms with E-state index in [4.69, 9.17) is 0 Å². The van der Waals surface area contributed by atoms with Crippen LogP contribution in [0.25, 0.3) is 22.6 Å². The number of benzene rings is 2. The number of H-pyrrole nitrogens is 1. The molecule has 0 saturated carbocycles. The Morgan fingerprint density at radius 3 is 2.75 bits per heavy atom. The Labute approximate surface area is 146 Å². The van der Waals surface area contributed by atoms with Crippen LogP contribution in [-0.2, 0) is 0 Å². The molecule has 1 heterocycles. The number of hydrogen-bond donors (Lipinski definition) is 1. The summed E-state index contributed by atoms with van der Waals surface area (Å²) in [5, 5.41) is 9.84. The van der Waals surface area contributed by atoms with Gasteiger partial charge in [-0.1, -0.05) is 58.4 Å². The molecule has 2 aromatic carbocycles. The van der Waals surface area contributed by atoms with Crippen molar-refractivity contribution in [1.29, 1.82) is 5.26 Å². The third-order valence-electron chi connectivity index (χ3n) is 3.39. The summed E-state index contributed by atoms with van der Waals surface area (Å²) in [6.07, 6.45) is 5.28. The molecule has 0 atom stereocenters. The molecule has 1 N–H and O–H groups in total. The van der Waals surface area contributed by atoms with E-state index in [-0.39, 0.29) is 11.4 Å². The van der Waals surface area contributed by atoms with E-state index in [0.717, 1.165) is 10.0 Å². The highest BCUT2D eigenvalue weighted by molar-refractivity contribution is 9.10. The van der Waals surface area contributed by atoms with Gasteiger partial charge in [0.05, 0.1) is 16.5 Å². The van der Waals surface area contributed by atoms with Crippen LogP contribution in [0.4, 0.5) is 0 Å². The minimum absolute atomic E-state index is 0.259. The number of aromatic amines is 1. The standard InChI is InChI=1S/C19H12BrN3O/c20-15-9-10-17-16(11-15)19(24)23-18(22-17)14(12-21)8-4-7-13-5-2-1-3-6-13/h1-11H,(H,22,23,24)/b7-4?,14-8+. The lowest BCUT2D eigenvalue weighted by Gasteiger charge is -2.01. The van der Waals surface area contributed by atoms with E-state index in [9.17, 15) is 10.1 Å². The largest absolute Gasteiger partial charge is 0.305 e. The second-order valence-electron chi connectivity index (χ2n) is 5.04. The van der Waals surface area contributed by atoms with Crippen LogP contribution in [0, 0.1) is 11.3 Å². The average molecular weight is 378 g/mol. The number of nitriles is 1. The molecular weight excluding hydrogens is 366 g/mol. The monoisotopic (exact) mass is 377 g/mol. The van der Waals surface area contributed by atoms with E-state index in [1.54, 1.807) is 24.3 Å². The smallest absolute Gasteiger partial charge is 0.259 e. The fraction of sp³-hybridized carbons (Fsp3) is 0. The zero-order valence-electron chi connectivity index (χ0n) is 12.5. The van der Waals surface area contributed by atoms with Crippen LogP contribution < -0.4 is 5.56 Å². The van der Waals surface area contributed by atoms with Gasteiger partial charge in [-0.3, -0.25) is 4.79 Å². The van der Waals surface area contributed by atoms with Crippen molar-refractivity contribution in [3.8, 4) is 6.07 Å². The highest BCUT2D eigenvalue weighted by atomic mass is 79.9. The van der Waals surface area contributed by atoms with Gasteiger partial charge in [0.2, 0.25) is 0 Å². The highest BCUT2D eigenvalue weighted by Gasteiger charge is 2.07. The van der Waals surface area contributed by atoms with Gasteiger partial charge < -0.3 is 4.98 Å². The lowest BCUT2D eigenvalue weighted by Crippen LogP contribution is -2.11. The summed E-state index contributed by atoms with van der Waals surface area (Å²) >= 11 is 3.33. The first-order chi connectivity index (χ1) is 11.7. The van der Waals surface area contributed by atoms with Gasteiger partial charge in [0.15, 0.2) is 5.82 Å². The molecule has 24 heavy (non-hydrogen) atoms. The van der Waals surface area contributed by atoms with Crippen molar-refractivity contribution in [2.24, 2.45) is 0 Å². The zero-order valence-corrected chi connectivity index (χ0v) is 14.1. The topological polar surface area (TPSA) is 69.5 Å². The molecule has 3 rings (SSSR count). The summed E-state index contributed by atoms with van der Waals surface area (Å²) in [7, 11) is 0. The van der Waals surface area contributed by atoms with Gasteiger partial charge in [0.1, 0.15) is 6.07 Å². The maximum absolute atomic E-state index is 12.2. The zero-order chi connectivity index (χ0) is 16.9. The number of aromatic nitrogens is 2. The molecule has 0 saturated heterocycles. The molecule has 4 nitrogen and oxygen atoms in total. The Bertz CT molecular complexity index is 1040. The number of nitrogens with one attached hydrogen (secondary N) is 1. The molecule has 0 amide bonds. The number of nitrogens with zero attached hydrogens (tertiary/aromatic N) is 2. The molecular formula is C19H12BrN3O. The van der Waals surface area contributed by atoms with Gasteiger partial charge in [-0.2, -0.15) is 5.26 Å². The number of hydrogen-bond acceptors (Lipinski definition) is 3. The van der Waals surface area contributed by atoms with Crippen LogP contribution in [0.2, 0.25) is 0 Å². The Balaban J connectivity index is 1.99. The molecule has 0 aliphatic rings. The maximum atomic E-state index is 12.2. The first kappa shape index (κ1) is 15.9. The summed E-state index contributed by atoms with van der Waals surface area (Å²) in [6, 6.07) is 17.1. The van der Waals surface area contributed by atoms with Crippen LogP contribution in [0.5, 0.6) is 0 Å². The van der Waals surface area contributed by atoms with E-state index >= 15 is 0 Å². The summed E-state index contributed by atoms with van der Waals surface area (Å²) < 4.78 is 0.803. The van der Waals surface area contributed by atoms with Crippen molar-refractivity contribution in [1.82, 2.24) is 9.97 Å². The number of halogens is 1. The van der Waals surface area contributed by atoms with Crippen LogP contribution in [0.15, 0.2) is 70.0 Å². The normalized spacial score (nSPS) is 11.8. The van der Waals surface area contributed by atoms with Crippen molar-refractivity contribution >= 4 is 38.5 Å². The van der Waals surface area contributed by atoms with Crippen molar-refractivity contribution in [2.45, 2.75) is 0 Å². The Hall–Kier alpha value is -2.97. The van der Waals surface area contributed by atoms with Crippen LogP contribution in [0.1, 0.15) is 11.4 Å². The SMILES string of the molecule is N#C/C(=C\C=Cc1ccccc1)c1nc2ccc(Br)cc2c(=O)[nH]1. The van der Waals surface area contributed by atoms with E-state index in [1.807, 2.05) is 42.5 Å². The highest BCUT2D eigenvalue weighted by Crippen LogP contribution is 2.17. The van der Waals surface area contributed by atoms with Gasteiger partial charge in [-0.15, -0.1) is 0 Å². The quantitative estimate of drug-likeness (QED) is 0.546. The van der Waals surface area contributed by atoms with E-state index in [1.165, 1.54) is 0 Å². The predicted molar refractivity (Wildman–Crippen MR) is 99.1 cm³/mol. The summed E-state index contributed by atoms with van der Waals surface area (Å²) in [4.78, 5) is 19.2. The molecule has 5 heteroatoms. The van der Waals surface area contributed by atoms with Crippen molar-refractivity contribution in [3.05, 3.63) is 86.9 Å². The van der Waals surface area contributed by atoms with Gasteiger partial charge in [0, 0.05) is 4.47 Å². The van der Waals surface area contributed by atoms with Gasteiger partial charge in [-0.25, -0.2) is 4.98 Å².